The normalized spacial score (nSPS) is 10.5. The van der Waals surface area contributed by atoms with E-state index in [2.05, 4.69) is 26.5 Å². The number of nitrogens with one attached hydrogen (secondary N) is 1. The number of benzene rings is 2. The standard InChI is InChI=1S/C18H19BrN2O5/c1-23-14-6-5-12(19)9-13(14)18(22)21-20-10-11-7-15(24-2)17(26-4)16(8-11)25-3/h5-10H,1-4H3,(H,21,22)/b20-10-. The van der Waals surface area contributed by atoms with E-state index >= 15 is 0 Å². The predicted molar refractivity (Wildman–Crippen MR) is 102 cm³/mol. The summed E-state index contributed by atoms with van der Waals surface area (Å²) in [6.07, 6.45) is 1.48. The molecule has 0 aliphatic rings. The lowest BCUT2D eigenvalue weighted by molar-refractivity contribution is 0.0952. The quantitative estimate of drug-likeness (QED) is 0.547. The van der Waals surface area contributed by atoms with E-state index in [-0.39, 0.29) is 0 Å². The van der Waals surface area contributed by atoms with Gasteiger partial charge in [0.05, 0.1) is 40.2 Å². The first-order valence-corrected chi connectivity index (χ1v) is 8.30. The number of halogens is 1. The number of carbonyl (C=O) groups excluding carboxylic acids is 1. The Morgan fingerprint density at radius 3 is 2.12 bits per heavy atom. The summed E-state index contributed by atoms with van der Waals surface area (Å²) < 4.78 is 21.8. The first-order valence-electron chi connectivity index (χ1n) is 7.51. The molecule has 2 aromatic carbocycles. The molecule has 0 spiro atoms. The summed E-state index contributed by atoms with van der Waals surface area (Å²) in [5, 5.41) is 3.98. The lowest BCUT2D eigenvalue weighted by atomic mass is 10.2. The fourth-order valence-electron chi connectivity index (χ4n) is 2.26. The summed E-state index contributed by atoms with van der Waals surface area (Å²) in [7, 11) is 6.08. The highest BCUT2D eigenvalue weighted by Crippen LogP contribution is 2.37. The number of hydrazone groups is 1. The molecule has 0 aromatic heterocycles. The van der Waals surface area contributed by atoms with Crippen molar-refractivity contribution in [3.63, 3.8) is 0 Å². The van der Waals surface area contributed by atoms with Crippen molar-refractivity contribution >= 4 is 28.1 Å². The van der Waals surface area contributed by atoms with E-state index < -0.39 is 5.91 Å². The SMILES string of the molecule is COc1ccc(Br)cc1C(=O)N/N=C\c1cc(OC)c(OC)c(OC)c1. The van der Waals surface area contributed by atoms with Crippen molar-refractivity contribution in [1.82, 2.24) is 5.43 Å². The number of nitrogens with zero attached hydrogens (tertiary/aromatic N) is 1. The zero-order valence-corrected chi connectivity index (χ0v) is 16.4. The number of rotatable bonds is 7. The summed E-state index contributed by atoms with van der Waals surface area (Å²) in [6.45, 7) is 0. The van der Waals surface area contributed by atoms with Gasteiger partial charge in [0.25, 0.3) is 5.91 Å². The Labute approximate surface area is 160 Å². The van der Waals surface area contributed by atoms with E-state index in [1.165, 1.54) is 34.7 Å². The van der Waals surface area contributed by atoms with Crippen molar-refractivity contribution in [2.24, 2.45) is 5.10 Å². The van der Waals surface area contributed by atoms with Crippen LogP contribution in [0.4, 0.5) is 0 Å². The van der Waals surface area contributed by atoms with Crippen LogP contribution in [0.15, 0.2) is 39.9 Å². The molecule has 0 unspecified atom stereocenters. The molecule has 1 N–H and O–H groups in total. The van der Waals surface area contributed by atoms with Gasteiger partial charge in [-0.2, -0.15) is 5.10 Å². The summed E-state index contributed by atoms with van der Waals surface area (Å²) >= 11 is 3.33. The molecular weight excluding hydrogens is 404 g/mol. The van der Waals surface area contributed by atoms with Crippen LogP contribution < -0.4 is 24.4 Å². The molecule has 2 rings (SSSR count). The first kappa shape index (κ1) is 19.6. The second-order valence-electron chi connectivity index (χ2n) is 5.00. The maximum Gasteiger partial charge on any atom is 0.275 e. The zero-order chi connectivity index (χ0) is 19.1. The molecule has 0 bridgehead atoms. The Morgan fingerprint density at radius 1 is 0.962 bits per heavy atom. The topological polar surface area (TPSA) is 78.4 Å². The number of hydrogen-bond donors (Lipinski definition) is 1. The molecule has 0 heterocycles. The van der Waals surface area contributed by atoms with Gasteiger partial charge in [-0.05, 0) is 30.3 Å². The van der Waals surface area contributed by atoms with E-state index in [9.17, 15) is 4.79 Å². The number of amides is 1. The van der Waals surface area contributed by atoms with E-state index in [1.54, 1.807) is 30.3 Å². The van der Waals surface area contributed by atoms with Crippen molar-refractivity contribution < 1.29 is 23.7 Å². The van der Waals surface area contributed by atoms with Crippen LogP contribution in [0.2, 0.25) is 0 Å². The lowest BCUT2D eigenvalue weighted by Gasteiger charge is -2.12. The minimum Gasteiger partial charge on any atom is -0.496 e. The van der Waals surface area contributed by atoms with E-state index in [0.717, 1.165) is 4.47 Å². The second kappa shape index (κ2) is 9.10. The molecule has 8 heteroatoms. The third kappa shape index (κ3) is 4.45. The number of ether oxygens (including phenoxy) is 4. The van der Waals surface area contributed by atoms with Gasteiger partial charge in [-0.3, -0.25) is 4.79 Å². The monoisotopic (exact) mass is 422 g/mol. The van der Waals surface area contributed by atoms with Gasteiger partial charge in [0.15, 0.2) is 11.5 Å². The Morgan fingerprint density at radius 2 is 1.58 bits per heavy atom. The Balaban J connectivity index is 2.20. The van der Waals surface area contributed by atoms with Crippen LogP contribution in [0.3, 0.4) is 0 Å². The second-order valence-corrected chi connectivity index (χ2v) is 5.92. The molecule has 138 valence electrons. The lowest BCUT2D eigenvalue weighted by Crippen LogP contribution is -2.18. The third-order valence-electron chi connectivity index (χ3n) is 3.47. The van der Waals surface area contributed by atoms with Crippen LogP contribution in [-0.2, 0) is 0 Å². The number of hydrogen-bond acceptors (Lipinski definition) is 6. The van der Waals surface area contributed by atoms with Crippen LogP contribution >= 0.6 is 15.9 Å². The number of methoxy groups -OCH3 is 4. The Bertz CT molecular complexity index is 798. The van der Waals surface area contributed by atoms with E-state index in [0.29, 0.717) is 34.1 Å². The summed E-state index contributed by atoms with van der Waals surface area (Å²) in [6, 6.07) is 8.58. The van der Waals surface area contributed by atoms with Gasteiger partial charge in [-0.15, -0.1) is 0 Å². The highest BCUT2D eigenvalue weighted by atomic mass is 79.9. The molecule has 0 fully saturated rings. The van der Waals surface area contributed by atoms with E-state index in [4.69, 9.17) is 18.9 Å². The molecule has 0 saturated carbocycles. The molecule has 1 amide bonds. The van der Waals surface area contributed by atoms with Gasteiger partial charge < -0.3 is 18.9 Å². The van der Waals surface area contributed by atoms with Crippen LogP contribution in [0, 0.1) is 0 Å². The number of carbonyl (C=O) groups is 1. The summed E-state index contributed by atoms with van der Waals surface area (Å²) in [5.41, 5.74) is 3.50. The molecule has 0 saturated heterocycles. The van der Waals surface area contributed by atoms with Gasteiger partial charge in [-0.1, -0.05) is 15.9 Å². The van der Waals surface area contributed by atoms with Gasteiger partial charge >= 0.3 is 0 Å². The van der Waals surface area contributed by atoms with Gasteiger partial charge in [-0.25, -0.2) is 5.43 Å². The molecule has 0 aliphatic carbocycles. The maximum absolute atomic E-state index is 12.3. The molecular formula is C18H19BrN2O5. The molecule has 0 aliphatic heterocycles. The summed E-state index contributed by atoms with van der Waals surface area (Å²) in [4.78, 5) is 12.3. The van der Waals surface area contributed by atoms with Gasteiger partial charge in [0.1, 0.15) is 5.75 Å². The molecule has 0 radical (unpaired) electrons. The predicted octanol–water partition coefficient (Wildman–Crippen LogP) is 3.25. The highest BCUT2D eigenvalue weighted by Gasteiger charge is 2.14. The molecule has 26 heavy (non-hydrogen) atoms. The smallest absolute Gasteiger partial charge is 0.275 e. The van der Waals surface area contributed by atoms with Crippen LogP contribution in [0.25, 0.3) is 0 Å². The van der Waals surface area contributed by atoms with E-state index in [1.807, 2.05) is 0 Å². The molecule has 2 aromatic rings. The zero-order valence-electron chi connectivity index (χ0n) is 14.8. The molecule has 0 atom stereocenters. The molecule has 7 nitrogen and oxygen atoms in total. The van der Waals surface area contributed by atoms with Crippen molar-refractivity contribution in [2.45, 2.75) is 0 Å². The first-order chi connectivity index (χ1) is 12.5. The maximum atomic E-state index is 12.3. The average Bonchev–Trinajstić information content (AvgIpc) is 2.66. The van der Waals surface area contributed by atoms with Crippen molar-refractivity contribution in [1.29, 1.82) is 0 Å². The highest BCUT2D eigenvalue weighted by molar-refractivity contribution is 9.10. The third-order valence-corrected chi connectivity index (χ3v) is 3.97. The van der Waals surface area contributed by atoms with Crippen molar-refractivity contribution in [3.8, 4) is 23.0 Å². The van der Waals surface area contributed by atoms with Crippen LogP contribution in [0.5, 0.6) is 23.0 Å². The van der Waals surface area contributed by atoms with Gasteiger partial charge in [0, 0.05) is 10.0 Å². The summed E-state index contributed by atoms with van der Waals surface area (Å²) in [5.74, 6) is 1.53. The Kier molecular flexibility index (Phi) is 6.85. The van der Waals surface area contributed by atoms with Crippen LogP contribution in [-0.4, -0.2) is 40.6 Å². The average molecular weight is 423 g/mol. The fraction of sp³-hybridized carbons (Fsp3) is 0.222. The largest absolute Gasteiger partial charge is 0.496 e. The minimum absolute atomic E-state index is 0.365. The van der Waals surface area contributed by atoms with Crippen molar-refractivity contribution in [2.75, 3.05) is 28.4 Å². The fourth-order valence-corrected chi connectivity index (χ4v) is 2.62. The van der Waals surface area contributed by atoms with Crippen LogP contribution in [0.1, 0.15) is 15.9 Å². The minimum atomic E-state index is -0.396. The van der Waals surface area contributed by atoms with Crippen molar-refractivity contribution in [3.05, 3.63) is 45.9 Å². The Hall–Kier alpha value is -2.74. The van der Waals surface area contributed by atoms with Gasteiger partial charge in [0.2, 0.25) is 5.75 Å².